The third-order valence-electron chi connectivity index (χ3n) is 2.06. The Bertz CT molecular complexity index is 269. The van der Waals surface area contributed by atoms with Crippen LogP contribution in [0.3, 0.4) is 0 Å². The second kappa shape index (κ2) is 8.15. The Labute approximate surface area is 100 Å². The summed E-state index contributed by atoms with van der Waals surface area (Å²) in [5.74, 6) is 1.30. The molecular weight excluding hydrogens is 226 g/mol. The second-order valence-corrected chi connectivity index (χ2v) is 5.01. The van der Waals surface area contributed by atoms with Crippen LogP contribution in [0.4, 0.5) is 0 Å². The van der Waals surface area contributed by atoms with E-state index in [0.29, 0.717) is 18.7 Å². The van der Waals surface area contributed by atoms with Gasteiger partial charge in [-0.3, -0.25) is 19.5 Å². The summed E-state index contributed by atoms with van der Waals surface area (Å²) >= 11 is 1.65. The quantitative estimate of drug-likeness (QED) is 0.402. The van der Waals surface area contributed by atoms with E-state index in [1.165, 1.54) is 7.05 Å². The van der Waals surface area contributed by atoms with Crippen molar-refractivity contribution >= 4 is 29.9 Å². The van der Waals surface area contributed by atoms with Gasteiger partial charge in [0.05, 0.1) is 5.84 Å². The van der Waals surface area contributed by atoms with E-state index in [2.05, 4.69) is 4.99 Å². The number of amides is 2. The van der Waals surface area contributed by atoms with Gasteiger partial charge in [0, 0.05) is 37.9 Å². The van der Waals surface area contributed by atoms with Crippen LogP contribution in [-0.2, 0) is 9.59 Å². The third kappa shape index (κ3) is 6.44. The Morgan fingerprint density at radius 1 is 1.62 bits per heavy atom. The number of imide groups is 1. The van der Waals surface area contributed by atoms with Crippen LogP contribution in [0.1, 0.15) is 19.8 Å². The summed E-state index contributed by atoms with van der Waals surface area (Å²) in [7, 11) is 3.13. The van der Waals surface area contributed by atoms with E-state index in [4.69, 9.17) is 5.73 Å². The van der Waals surface area contributed by atoms with Crippen molar-refractivity contribution in [2.24, 2.45) is 10.7 Å². The van der Waals surface area contributed by atoms with Gasteiger partial charge in [0.15, 0.2) is 0 Å². The van der Waals surface area contributed by atoms with Crippen LogP contribution in [0.25, 0.3) is 0 Å². The maximum absolute atomic E-state index is 11.4. The van der Waals surface area contributed by atoms with Gasteiger partial charge in [-0.15, -0.1) is 0 Å². The van der Waals surface area contributed by atoms with Gasteiger partial charge < -0.3 is 5.73 Å². The van der Waals surface area contributed by atoms with Crippen LogP contribution in [0.15, 0.2) is 4.99 Å². The van der Waals surface area contributed by atoms with Crippen LogP contribution in [0.5, 0.6) is 0 Å². The SMILES string of the molecule is CN=C(N)CCSC(C)CC(=O)N(C)C=O. The van der Waals surface area contributed by atoms with Crippen molar-refractivity contribution in [3.63, 3.8) is 0 Å². The van der Waals surface area contributed by atoms with Crippen LogP contribution in [0.2, 0.25) is 0 Å². The Morgan fingerprint density at radius 2 is 2.25 bits per heavy atom. The summed E-state index contributed by atoms with van der Waals surface area (Å²) in [5, 5.41) is 0.180. The number of hydrogen-bond acceptors (Lipinski definition) is 4. The standard InChI is InChI=1S/C10H19N3O2S/c1-8(6-10(15)13(3)7-14)16-5-4-9(11)12-2/h7-8H,4-6H2,1-3H3,(H2,11,12). The van der Waals surface area contributed by atoms with Crippen molar-refractivity contribution in [1.29, 1.82) is 0 Å². The fraction of sp³-hybridized carbons (Fsp3) is 0.700. The number of nitrogens with two attached hydrogens (primary N) is 1. The van der Waals surface area contributed by atoms with Gasteiger partial charge in [-0.25, -0.2) is 0 Å². The Kier molecular flexibility index (Phi) is 7.62. The molecule has 1 atom stereocenters. The highest BCUT2D eigenvalue weighted by atomic mass is 32.2. The Morgan fingerprint density at radius 3 is 2.75 bits per heavy atom. The molecule has 0 rings (SSSR count). The summed E-state index contributed by atoms with van der Waals surface area (Å²) < 4.78 is 0. The number of hydrogen-bond donors (Lipinski definition) is 1. The molecule has 0 radical (unpaired) electrons. The molecule has 92 valence electrons. The zero-order chi connectivity index (χ0) is 12.6. The predicted molar refractivity (Wildman–Crippen MR) is 67.5 cm³/mol. The minimum absolute atomic E-state index is 0.160. The maximum Gasteiger partial charge on any atom is 0.229 e. The lowest BCUT2D eigenvalue weighted by Crippen LogP contribution is -2.27. The first-order chi connectivity index (χ1) is 7.51. The number of carbonyl (C=O) groups excluding carboxylic acids is 2. The molecule has 2 amide bonds. The van der Waals surface area contributed by atoms with Gasteiger partial charge >= 0.3 is 0 Å². The number of carbonyl (C=O) groups is 2. The van der Waals surface area contributed by atoms with Crippen LogP contribution < -0.4 is 5.73 Å². The van der Waals surface area contributed by atoms with Gasteiger partial charge in [-0.05, 0) is 0 Å². The number of rotatable bonds is 7. The molecule has 0 aliphatic carbocycles. The molecule has 0 aromatic carbocycles. The highest BCUT2D eigenvalue weighted by Gasteiger charge is 2.12. The lowest BCUT2D eigenvalue weighted by atomic mass is 10.3. The minimum Gasteiger partial charge on any atom is -0.387 e. The van der Waals surface area contributed by atoms with Gasteiger partial charge in [0.25, 0.3) is 0 Å². The fourth-order valence-electron chi connectivity index (χ4n) is 0.984. The largest absolute Gasteiger partial charge is 0.387 e. The molecule has 0 saturated heterocycles. The van der Waals surface area contributed by atoms with Crippen molar-refractivity contribution in [3.05, 3.63) is 0 Å². The van der Waals surface area contributed by atoms with Crippen LogP contribution in [0, 0.1) is 0 Å². The zero-order valence-electron chi connectivity index (χ0n) is 9.97. The Balaban J connectivity index is 3.78. The lowest BCUT2D eigenvalue weighted by Gasteiger charge is -2.13. The first-order valence-electron chi connectivity index (χ1n) is 5.05. The van der Waals surface area contributed by atoms with Gasteiger partial charge in [0.1, 0.15) is 0 Å². The van der Waals surface area contributed by atoms with E-state index in [1.54, 1.807) is 18.8 Å². The summed E-state index contributed by atoms with van der Waals surface area (Å²) in [6, 6.07) is 0. The fourth-order valence-corrected chi connectivity index (χ4v) is 1.97. The summed E-state index contributed by atoms with van der Waals surface area (Å²) in [5.41, 5.74) is 5.55. The monoisotopic (exact) mass is 245 g/mol. The number of nitrogens with zero attached hydrogens (tertiary/aromatic N) is 2. The van der Waals surface area contributed by atoms with Gasteiger partial charge in [0.2, 0.25) is 12.3 Å². The highest BCUT2D eigenvalue weighted by Crippen LogP contribution is 2.15. The molecule has 5 nitrogen and oxygen atoms in total. The molecule has 0 fully saturated rings. The molecule has 0 bridgehead atoms. The number of amidine groups is 1. The summed E-state index contributed by atoms with van der Waals surface area (Å²) in [4.78, 5) is 26.6. The van der Waals surface area contributed by atoms with Crippen molar-refractivity contribution < 1.29 is 9.59 Å². The van der Waals surface area contributed by atoms with Crippen molar-refractivity contribution in [2.45, 2.75) is 25.0 Å². The first-order valence-corrected chi connectivity index (χ1v) is 6.09. The molecule has 1 unspecified atom stereocenters. The van der Waals surface area contributed by atoms with Gasteiger partial charge in [-0.1, -0.05) is 6.92 Å². The average Bonchev–Trinajstić information content (AvgIpc) is 2.27. The molecule has 0 aliphatic rings. The molecule has 0 aromatic rings. The highest BCUT2D eigenvalue weighted by molar-refractivity contribution is 7.99. The molecule has 0 aromatic heterocycles. The van der Waals surface area contributed by atoms with Crippen LogP contribution in [-0.4, -0.2) is 48.2 Å². The van der Waals surface area contributed by atoms with Crippen LogP contribution >= 0.6 is 11.8 Å². The molecule has 0 heterocycles. The minimum atomic E-state index is -0.160. The number of thioether (sulfide) groups is 1. The number of aliphatic imine (C=N–C) groups is 1. The van der Waals surface area contributed by atoms with Crippen molar-refractivity contribution in [3.8, 4) is 0 Å². The summed E-state index contributed by atoms with van der Waals surface area (Å²) in [6.07, 6.45) is 1.62. The zero-order valence-corrected chi connectivity index (χ0v) is 10.8. The van der Waals surface area contributed by atoms with Crippen molar-refractivity contribution in [1.82, 2.24) is 4.90 Å². The van der Waals surface area contributed by atoms with Gasteiger partial charge in [-0.2, -0.15) is 11.8 Å². The maximum atomic E-state index is 11.4. The molecule has 6 heteroatoms. The molecule has 0 aliphatic heterocycles. The van der Waals surface area contributed by atoms with E-state index in [-0.39, 0.29) is 11.2 Å². The smallest absolute Gasteiger partial charge is 0.229 e. The normalized spacial score (nSPS) is 13.3. The lowest BCUT2D eigenvalue weighted by molar-refractivity contribution is -0.136. The molecule has 0 saturated carbocycles. The average molecular weight is 245 g/mol. The van der Waals surface area contributed by atoms with E-state index in [0.717, 1.165) is 17.1 Å². The van der Waals surface area contributed by atoms with E-state index >= 15 is 0 Å². The Hall–Kier alpha value is -1.04. The van der Waals surface area contributed by atoms with E-state index < -0.39 is 0 Å². The van der Waals surface area contributed by atoms with Crippen molar-refractivity contribution in [2.75, 3.05) is 19.8 Å². The first kappa shape index (κ1) is 15.0. The summed E-state index contributed by atoms with van der Waals surface area (Å²) in [6.45, 7) is 1.96. The van der Waals surface area contributed by atoms with E-state index in [9.17, 15) is 9.59 Å². The molecule has 0 spiro atoms. The second-order valence-electron chi connectivity index (χ2n) is 3.46. The topological polar surface area (TPSA) is 75.8 Å². The molecular formula is C10H19N3O2S. The molecule has 2 N–H and O–H groups in total. The molecule has 16 heavy (non-hydrogen) atoms. The van der Waals surface area contributed by atoms with E-state index in [1.807, 2.05) is 6.92 Å². The predicted octanol–water partition coefficient (Wildman–Crippen LogP) is 0.490. The third-order valence-corrected chi connectivity index (χ3v) is 3.24.